The molecule has 0 bridgehead atoms. The van der Waals surface area contributed by atoms with Crippen molar-refractivity contribution in [1.29, 1.82) is 0 Å². The van der Waals surface area contributed by atoms with Gasteiger partial charge in [0.2, 0.25) is 0 Å². The van der Waals surface area contributed by atoms with E-state index < -0.39 is 0 Å². The molecule has 0 aromatic carbocycles. The van der Waals surface area contributed by atoms with Gasteiger partial charge in [0.15, 0.2) is 11.8 Å². The second-order valence-corrected chi connectivity index (χ2v) is 2.30. The van der Waals surface area contributed by atoms with Crippen molar-refractivity contribution in [2.75, 3.05) is 7.05 Å². The maximum absolute atomic E-state index is 5.40. The molecule has 1 aromatic rings. The van der Waals surface area contributed by atoms with Crippen LogP contribution in [0.5, 0.6) is 0 Å². The topological polar surface area (TPSA) is 92.0 Å². The minimum absolute atomic E-state index is 0.387. The first kappa shape index (κ1) is 8.51. The number of hydrogen-bond donors (Lipinski definition) is 3. The third kappa shape index (κ3) is 2.22. The predicted molar refractivity (Wildman–Crippen MR) is 45.5 cm³/mol. The molecule has 0 radical (unpaired) electrons. The van der Waals surface area contributed by atoms with Gasteiger partial charge in [0, 0.05) is 7.05 Å². The summed E-state index contributed by atoms with van der Waals surface area (Å²) in [4.78, 5) is 7.81. The Hall–Kier alpha value is -1.59. The summed E-state index contributed by atoms with van der Waals surface area (Å²) in [5, 5.41) is 9.49. The zero-order valence-corrected chi connectivity index (χ0v) is 7.13. The van der Waals surface area contributed by atoms with E-state index in [1.165, 1.54) is 0 Å². The fourth-order valence-corrected chi connectivity index (χ4v) is 0.717. The Morgan fingerprint density at radius 2 is 2.50 bits per heavy atom. The van der Waals surface area contributed by atoms with Gasteiger partial charge in [-0.1, -0.05) is 0 Å². The van der Waals surface area contributed by atoms with Crippen molar-refractivity contribution < 1.29 is 0 Å². The number of nitrogens with one attached hydrogen (secondary N) is 2. The molecule has 0 unspecified atom stereocenters. The average Bonchev–Trinajstić information content (AvgIpc) is 2.47. The Balaban J connectivity index is 2.43. The maximum Gasteiger partial charge on any atom is 0.188 e. The van der Waals surface area contributed by atoms with Crippen molar-refractivity contribution in [2.24, 2.45) is 10.7 Å². The van der Waals surface area contributed by atoms with Crippen molar-refractivity contribution >= 4 is 5.96 Å². The first-order valence-corrected chi connectivity index (χ1v) is 3.56. The van der Waals surface area contributed by atoms with Crippen LogP contribution in [0.4, 0.5) is 0 Å². The number of aromatic nitrogens is 3. The molecule has 0 saturated carbocycles. The lowest BCUT2D eigenvalue weighted by Crippen LogP contribution is -2.31. The standard InChI is InChI=1S/C6H12N6/c1-4-10-5(12-11-4)3-9-6(7)8-2/h3H2,1-2H3,(H3,7,8,9)(H,10,11,12). The summed E-state index contributed by atoms with van der Waals surface area (Å²) in [7, 11) is 1.62. The number of hydrogen-bond acceptors (Lipinski definition) is 3. The average molecular weight is 168 g/mol. The zero-order valence-electron chi connectivity index (χ0n) is 7.13. The molecular formula is C6H12N6. The minimum atomic E-state index is 0.387. The van der Waals surface area contributed by atoms with E-state index in [4.69, 9.17) is 5.73 Å². The highest BCUT2D eigenvalue weighted by Gasteiger charge is 1.98. The van der Waals surface area contributed by atoms with Crippen molar-refractivity contribution in [1.82, 2.24) is 20.5 Å². The second-order valence-electron chi connectivity index (χ2n) is 2.30. The summed E-state index contributed by atoms with van der Waals surface area (Å²) < 4.78 is 0. The molecule has 0 amide bonds. The lowest BCUT2D eigenvalue weighted by molar-refractivity contribution is 0.823. The Kier molecular flexibility index (Phi) is 2.62. The fourth-order valence-electron chi connectivity index (χ4n) is 0.717. The number of aliphatic imine (C=N–C) groups is 1. The molecule has 66 valence electrons. The van der Waals surface area contributed by atoms with Gasteiger partial charge in [0.1, 0.15) is 5.82 Å². The predicted octanol–water partition coefficient (Wildman–Crippen LogP) is -0.853. The highest BCUT2D eigenvalue weighted by Crippen LogP contribution is 1.88. The summed E-state index contributed by atoms with van der Waals surface area (Å²) in [6.07, 6.45) is 0. The van der Waals surface area contributed by atoms with Crippen LogP contribution in [0.3, 0.4) is 0 Å². The molecule has 0 saturated heterocycles. The summed E-state index contributed by atoms with van der Waals surface area (Å²) in [5.41, 5.74) is 5.40. The fraction of sp³-hybridized carbons (Fsp3) is 0.500. The van der Waals surface area contributed by atoms with Crippen LogP contribution in [0.15, 0.2) is 4.99 Å². The van der Waals surface area contributed by atoms with Crippen LogP contribution in [0, 0.1) is 6.92 Å². The maximum atomic E-state index is 5.40. The SMILES string of the molecule is CN=C(N)NCc1n[nH]c(C)n1. The van der Waals surface area contributed by atoms with Crippen LogP contribution in [-0.2, 0) is 6.54 Å². The zero-order chi connectivity index (χ0) is 8.97. The van der Waals surface area contributed by atoms with Crippen molar-refractivity contribution in [3.8, 4) is 0 Å². The number of H-pyrrole nitrogens is 1. The number of aromatic amines is 1. The molecule has 0 aliphatic rings. The van der Waals surface area contributed by atoms with Gasteiger partial charge in [-0.2, -0.15) is 5.10 Å². The van der Waals surface area contributed by atoms with Crippen LogP contribution in [-0.4, -0.2) is 28.2 Å². The molecule has 0 aliphatic heterocycles. The molecule has 0 aliphatic carbocycles. The molecule has 0 atom stereocenters. The Bertz CT molecular complexity index is 275. The van der Waals surface area contributed by atoms with Gasteiger partial charge in [0.05, 0.1) is 6.54 Å². The first-order chi connectivity index (χ1) is 5.72. The van der Waals surface area contributed by atoms with E-state index in [1.54, 1.807) is 7.05 Å². The van der Waals surface area contributed by atoms with Crippen molar-refractivity contribution in [3.63, 3.8) is 0 Å². The van der Waals surface area contributed by atoms with Crippen LogP contribution in [0.2, 0.25) is 0 Å². The highest BCUT2D eigenvalue weighted by molar-refractivity contribution is 5.77. The van der Waals surface area contributed by atoms with Crippen LogP contribution in [0.25, 0.3) is 0 Å². The van der Waals surface area contributed by atoms with Gasteiger partial charge >= 0.3 is 0 Å². The molecule has 1 rings (SSSR count). The van der Waals surface area contributed by atoms with E-state index in [0.29, 0.717) is 18.3 Å². The first-order valence-electron chi connectivity index (χ1n) is 3.56. The Morgan fingerprint density at radius 1 is 1.75 bits per heavy atom. The molecule has 4 N–H and O–H groups in total. The Morgan fingerprint density at radius 3 is 3.00 bits per heavy atom. The number of nitrogens with zero attached hydrogens (tertiary/aromatic N) is 3. The van der Waals surface area contributed by atoms with Crippen LogP contribution in [0.1, 0.15) is 11.6 Å². The number of aryl methyl sites for hydroxylation is 1. The second kappa shape index (κ2) is 3.70. The quantitative estimate of drug-likeness (QED) is 0.396. The number of rotatable bonds is 2. The molecule has 6 heteroatoms. The van der Waals surface area contributed by atoms with Crippen LogP contribution >= 0.6 is 0 Å². The van der Waals surface area contributed by atoms with E-state index in [9.17, 15) is 0 Å². The Labute approximate surface area is 70.3 Å². The molecule has 1 aromatic heterocycles. The number of guanidine groups is 1. The summed E-state index contributed by atoms with van der Waals surface area (Å²) in [5.74, 6) is 1.86. The molecular weight excluding hydrogens is 156 g/mol. The van der Waals surface area contributed by atoms with E-state index in [2.05, 4.69) is 25.5 Å². The van der Waals surface area contributed by atoms with Gasteiger partial charge in [-0.05, 0) is 6.92 Å². The van der Waals surface area contributed by atoms with E-state index in [0.717, 1.165) is 5.82 Å². The smallest absolute Gasteiger partial charge is 0.188 e. The lowest BCUT2D eigenvalue weighted by Gasteiger charge is -1.99. The van der Waals surface area contributed by atoms with E-state index >= 15 is 0 Å². The third-order valence-electron chi connectivity index (χ3n) is 1.31. The monoisotopic (exact) mass is 168 g/mol. The van der Waals surface area contributed by atoms with Crippen molar-refractivity contribution in [3.05, 3.63) is 11.6 Å². The van der Waals surface area contributed by atoms with Gasteiger partial charge in [0.25, 0.3) is 0 Å². The summed E-state index contributed by atoms with van der Waals surface area (Å²) in [6, 6.07) is 0. The van der Waals surface area contributed by atoms with Crippen LogP contribution < -0.4 is 11.1 Å². The summed E-state index contributed by atoms with van der Waals surface area (Å²) in [6.45, 7) is 2.33. The number of nitrogens with two attached hydrogens (primary N) is 1. The molecule has 6 nitrogen and oxygen atoms in total. The van der Waals surface area contributed by atoms with Gasteiger partial charge in [-0.15, -0.1) is 0 Å². The minimum Gasteiger partial charge on any atom is -0.370 e. The lowest BCUT2D eigenvalue weighted by atomic mass is 10.6. The molecule has 0 fully saturated rings. The normalized spacial score (nSPS) is 11.7. The molecule has 12 heavy (non-hydrogen) atoms. The molecule has 1 heterocycles. The van der Waals surface area contributed by atoms with Gasteiger partial charge in [-0.3, -0.25) is 10.1 Å². The van der Waals surface area contributed by atoms with E-state index in [-0.39, 0.29) is 0 Å². The third-order valence-corrected chi connectivity index (χ3v) is 1.31. The van der Waals surface area contributed by atoms with E-state index in [1.807, 2.05) is 6.92 Å². The van der Waals surface area contributed by atoms with Gasteiger partial charge in [-0.25, -0.2) is 4.98 Å². The summed E-state index contributed by atoms with van der Waals surface area (Å²) >= 11 is 0. The highest BCUT2D eigenvalue weighted by atomic mass is 15.2. The largest absolute Gasteiger partial charge is 0.370 e. The van der Waals surface area contributed by atoms with Gasteiger partial charge < -0.3 is 11.1 Å². The molecule has 0 spiro atoms. The van der Waals surface area contributed by atoms with Crippen molar-refractivity contribution in [2.45, 2.75) is 13.5 Å².